The van der Waals surface area contributed by atoms with Gasteiger partial charge >= 0.3 is 5.97 Å². The first-order valence-electron chi connectivity index (χ1n) is 7.65. The minimum atomic E-state index is -0.130. The molecule has 0 aromatic heterocycles. The highest BCUT2D eigenvalue weighted by Gasteiger charge is 2.33. The minimum absolute atomic E-state index is 0.0658. The molecule has 116 valence electrons. The van der Waals surface area contributed by atoms with E-state index in [1.165, 1.54) is 19.3 Å². The average Bonchev–Trinajstić information content (AvgIpc) is 2.54. The fourth-order valence-electron chi connectivity index (χ4n) is 3.00. The molecule has 0 spiro atoms. The number of carbonyl (C=O) groups excluding carboxylic acids is 1. The van der Waals surface area contributed by atoms with Crippen molar-refractivity contribution in [3.8, 4) is 5.75 Å². The number of esters is 1. The maximum atomic E-state index is 12.1. The lowest BCUT2D eigenvalue weighted by atomic mass is 9.79. The van der Waals surface area contributed by atoms with Crippen molar-refractivity contribution < 1.29 is 14.3 Å². The highest BCUT2D eigenvalue weighted by atomic mass is 16.5. The predicted octanol–water partition coefficient (Wildman–Crippen LogP) is 3.05. The van der Waals surface area contributed by atoms with Gasteiger partial charge in [0, 0.05) is 5.54 Å². The van der Waals surface area contributed by atoms with Crippen molar-refractivity contribution in [1.82, 2.24) is 5.32 Å². The molecule has 4 nitrogen and oxygen atoms in total. The number of carbonyl (C=O) groups is 1. The van der Waals surface area contributed by atoms with Gasteiger partial charge in [-0.1, -0.05) is 31.4 Å². The van der Waals surface area contributed by atoms with E-state index in [1.54, 1.807) is 7.11 Å². The molecule has 0 atom stereocenters. The van der Waals surface area contributed by atoms with Crippen molar-refractivity contribution in [3.63, 3.8) is 0 Å². The van der Waals surface area contributed by atoms with Crippen molar-refractivity contribution >= 4 is 5.97 Å². The topological polar surface area (TPSA) is 47.6 Å². The second-order valence-electron chi connectivity index (χ2n) is 5.78. The summed E-state index contributed by atoms with van der Waals surface area (Å²) < 4.78 is 10.6. The standard InChI is InChI=1S/C17H25NO3/c1-18-17(9-4-3-5-10-17)12-16(19)21-13-14-7-6-8-15(11-14)20-2/h6-8,11,18H,3-5,9-10,12-13H2,1-2H3. The Morgan fingerprint density at radius 1 is 1.29 bits per heavy atom. The van der Waals surface area contributed by atoms with E-state index in [4.69, 9.17) is 9.47 Å². The largest absolute Gasteiger partial charge is 0.497 e. The molecular formula is C17H25NO3. The molecule has 1 aliphatic rings. The Hall–Kier alpha value is -1.55. The molecule has 4 heteroatoms. The normalized spacial score (nSPS) is 17.2. The minimum Gasteiger partial charge on any atom is -0.497 e. The molecule has 0 saturated heterocycles. The van der Waals surface area contributed by atoms with Crippen LogP contribution in [0.3, 0.4) is 0 Å². The summed E-state index contributed by atoms with van der Waals surface area (Å²) in [6, 6.07) is 7.60. The molecule has 0 aliphatic heterocycles. The molecule has 0 heterocycles. The quantitative estimate of drug-likeness (QED) is 0.818. The van der Waals surface area contributed by atoms with Crippen molar-refractivity contribution in [1.29, 1.82) is 0 Å². The van der Waals surface area contributed by atoms with Gasteiger partial charge in [0.2, 0.25) is 0 Å². The van der Waals surface area contributed by atoms with Gasteiger partial charge in [-0.15, -0.1) is 0 Å². The van der Waals surface area contributed by atoms with E-state index in [9.17, 15) is 4.79 Å². The molecule has 1 saturated carbocycles. The lowest BCUT2D eigenvalue weighted by molar-refractivity contribution is -0.147. The number of methoxy groups -OCH3 is 1. The van der Waals surface area contributed by atoms with Crippen LogP contribution in [0.5, 0.6) is 5.75 Å². The van der Waals surface area contributed by atoms with Crippen molar-refractivity contribution in [2.75, 3.05) is 14.2 Å². The summed E-state index contributed by atoms with van der Waals surface area (Å²) in [5.74, 6) is 0.650. The van der Waals surface area contributed by atoms with Gasteiger partial charge in [0.1, 0.15) is 12.4 Å². The van der Waals surface area contributed by atoms with Crippen LogP contribution in [0.2, 0.25) is 0 Å². The van der Waals surface area contributed by atoms with Crippen LogP contribution in [0.1, 0.15) is 44.1 Å². The Bertz CT molecular complexity index is 467. The van der Waals surface area contributed by atoms with E-state index < -0.39 is 0 Å². The van der Waals surface area contributed by atoms with Gasteiger partial charge in [-0.05, 0) is 37.6 Å². The highest BCUT2D eigenvalue weighted by Crippen LogP contribution is 2.31. The Morgan fingerprint density at radius 2 is 2.05 bits per heavy atom. The van der Waals surface area contributed by atoms with Gasteiger partial charge in [0.15, 0.2) is 0 Å². The zero-order valence-corrected chi connectivity index (χ0v) is 13.0. The molecule has 0 amide bonds. The van der Waals surface area contributed by atoms with Gasteiger partial charge in [0.05, 0.1) is 13.5 Å². The summed E-state index contributed by atoms with van der Waals surface area (Å²) in [6.07, 6.45) is 6.19. The molecule has 0 radical (unpaired) electrons. The number of ether oxygens (including phenoxy) is 2. The van der Waals surface area contributed by atoms with Crippen LogP contribution >= 0.6 is 0 Å². The molecular weight excluding hydrogens is 266 g/mol. The van der Waals surface area contributed by atoms with E-state index >= 15 is 0 Å². The molecule has 0 bridgehead atoms. The van der Waals surface area contributed by atoms with Gasteiger partial charge in [-0.25, -0.2) is 0 Å². The third kappa shape index (κ3) is 4.46. The third-order valence-electron chi connectivity index (χ3n) is 4.36. The van der Waals surface area contributed by atoms with Crippen molar-refractivity contribution in [2.45, 2.75) is 50.7 Å². The fourth-order valence-corrected chi connectivity index (χ4v) is 3.00. The fraction of sp³-hybridized carbons (Fsp3) is 0.588. The highest BCUT2D eigenvalue weighted by molar-refractivity contribution is 5.71. The van der Waals surface area contributed by atoms with Crippen LogP contribution < -0.4 is 10.1 Å². The monoisotopic (exact) mass is 291 g/mol. The zero-order chi connectivity index (χ0) is 15.1. The molecule has 1 aromatic rings. The SMILES string of the molecule is CNC1(CC(=O)OCc2cccc(OC)c2)CCCCC1. The van der Waals surface area contributed by atoms with Gasteiger partial charge in [0.25, 0.3) is 0 Å². The number of nitrogens with one attached hydrogen (secondary N) is 1. The summed E-state index contributed by atoms with van der Waals surface area (Å²) >= 11 is 0. The lowest BCUT2D eigenvalue weighted by Gasteiger charge is -2.36. The summed E-state index contributed by atoms with van der Waals surface area (Å²) in [6.45, 7) is 0.301. The van der Waals surface area contributed by atoms with Crippen LogP contribution in [-0.2, 0) is 16.1 Å². The average molecular weight is 291 g/mol. The van der Waals surface area contributed by atoms with E-state index in [1.807, 2.05) is 31.3 Å². The summed E-state index contributed by atoms with van der Waals surface area (Å²) in [5.41, 5.74) is 0.883. The smallest absolute Gasteiger partial charge is 0.307 e. The van der Waals surface area contributed by atoms with Crippen molar-refractivity contribution in [2.24, 2.45) is 0 Å². The molecule has 0 unspecified atom stereocenters. The second kappa shape index (κ2) is 7.46. The number of rotatable bonds is 6. The lowest BCUT2D eigenvalue weighted by Crippen LogP contribution is -2.46. The zero-order valence-electron chi connectivity index (χ0n) is 13.0. The number of hydrogen-bond donors (Lipinski definition) is 1. The number of benzene rings is 1. The molecule has 1 aliphatic carbocycles. The van der Waals surface area contributed by atoms with E-state index in [0.29, 0.717) is 13.0 Å². The Balaban J connectivity index is 1.86. The summed E-state index contributed by atoms with van der Waals surface area (Å²) in [4.78, 5) is 12.1. The van der Waals surface area contributed by atoms with Crippen molar-refractivity contribution in [3.05, 3.63) is 29.8 Å². The Labute approximate surface area is 126 Å². The third-order valence-corrected chi connectivity index (χ3v) is 4.36. The second-order valence-corrected chi connectivity index (χ2v) is 5.78. The molecule has 1 fully saturated rings. The van der Waals surface area contributed by atoms with Crippen LogP contribution in [0, 0.1) is 0 Å². The van der Waals surface area contributed by atoms with Crippen LogP contribution in [0.15, 0.2) is 24.3 Å². The van der Waals surface area contributed by atoms with E-state index in [-0.39, 0.29) is 11.5 Å². The Morgan fingerprint density at radius 3 is 2.71 bits per heavy atom. The molecule has 21 heavy (non-hydrogen) atoms. The maximum absolute atomic E-state index is 12.1. The summed E-state index contributed by atoms with van der Waals surface area (Å²) in [7, 11) is 3.57. The number of hydrogen-bond acceptors (Lipinski definition) is 4. The molecule has 2 rings (SSSR count). The van der Waals surface area contributed by atoms with Gasteiger partial charge in [-0.3, -0.25) is 4.79 Å². The molecule has 1 N–H and O–H groups in total. The van der Waals surface area contributed by atoms with Gasteiger partial charge in [-0.2, -0.15) is 0 Å². The van der Waals surface area contributed by atoms with E-state index in [0.717, 1.165) is 24.2 Å². The maximum Gasteiger partial charge on any atom is 0.307 e. The first-order chi connectivity index (χ1) is 10.2. The van der Waals surface area contributed by atoms with E-state index in [2.05, 4.69) is 5.32 Å². The van der Waals surface area contributed by atoms with Crippen LogP contribution in [-0.4, -0.2) is 25.7 Å². The summed E-state index contributed by atoms with van der Waals surface area (Å²) in [5, 5.41) is 3.34. The van der Waals surface area contributed by atoms with Crippen LogP contribution in [0.4, 0.5) is 0 Å². The van der Waals surface area contributed by atoms with Crippen LogP contribution in [0.25, 0.3) is 0 Å². The van der Waals surface area contributed by atoms with Gasteiger partial charge < -0.3 is 14.8 Å². The first kappa shape index (κ1) is 15.8. The first-order valence-corrected chi connectivity index (χ1v) is 7.65. The Kier molecular flexibility index (Phi) is 5.62. The molecule has 1 aromatic carbocycles. The predicted molar refractivity (Wildman–Crippen MR) is 82.3 cm³/mol.